The van der Waals surface area contributed by atoms with E-state index in [0.717, 1.165) is 12.3 Å². The van der Waals surface area contributed by atoms with Gasteiger partial charge in [-0.1, -0.05) is 12.1 Å². The fourth-order valence-corrected chi connectivity index (χ4v) is 2.28. The second kappa shape index (κ2) is 6.00. The maximum absolute atomic E-state index is 12.9. The number of benzene rings is 1. The summed E-state index contributed by atoms with van der Waals surface area (Å²) in [5, 5.41) is 16.9. The summed E-state index contributed by atoms with van der Waals surface area (Å²) in [6.45, 7) is 1.58. The molecule has 0 aliphatic rings. The van der Waals surface area contributed by atoms with E-state index in [9.17, 15) is 18.0 Å². The monoisotopic (exact) mass is 348 g/mol. The normalized spacial score (nSPS) is 12.2. The molecule has 6 nitrogen and oxygen atoms in total. The molecule has 0 aliphatic carbocycles. The molecule has 0 saturated carbocycles. The minimum absolute atomic E-state index is 0.0614. The lowest BCUT2D eigenvalue weighted by Crippen LogP contribution is -2.06. The van der Waals surface area contributed by atoms with Crippen LogP contribution in [0, 0.1) is 6.92 Å². The Kier molecular flexibility index (Phi) is 3.99. The summed E-state index contributed by atoms with van der Waals surface area (Å²) in [6, 6.07) is 8.11. The maximum atomic E-state index is 12.9. The van der Waals surface area contributed by atoms with Crippen molar-refractivity contribution < 1.29 is 23.1 Å². The van der Waals surface area contributed by atoms with Gasteiger partial charge in [-0.15, -0.1) is 10.2 Å². The third-order valence-corrected chi connectivity index (χ3v) is 3.48. The molecule has 2 aromatic heterocycles. The molecule has 1 N–H and O–H groups in total. The van der Waals surface area contributed by atoms with Gasteiger partial charge in [-0.25, -0.2) is 9.78 Å². The van der Waals surface area contributed by atoms with Gasteiger partial charge >= 0.3 is 12.1 Å². The highest BCUT2D eigenvalue weighted by molar-refractivity contribution is 5.93. The number of fused-ring (bicyclic) bond motifs is 1. The quantitative estimate of drug-likeness (QED) is 0.692. The summed E-state index contributed by atoms with van der Waals surface area (Å²) >= 11 is 0. The number of carboxylic acid groups (broad SMARTS) is 1. The molecule has 0 radical (unpaired) electrons. The van der Waals surface area contributed by atoms with E-state index in [0.29, 0.717) is 5.69 Å². The predicted octanol–water partition coefficient (Wildman–Crippen LogP) is 4.78. The van der Waals surface area contributed by atoms with Crippen LogP contribution in [0.5, 0.6) is 0 Å². The second-order valence-electron chi connectivity index (χ2n) is 5.19. The van der Waals surface area contributed by atoms with Crippen LogP contribution in [-0.4, -0.2) is 20.5 Å². The molecular weight excluding hydrogens is 337 g/mol. The standard InChI is InChI=1S/C16H11F3N4O2/c1-9-14(22-21-12-5-3-2-4-11(12)15(24)25)23-8-10(16(17,18)19)6-7-13(23)20-9/h2-8H,1H3,(H,24,25). The van der Waals surface area contributed by atoms with Gasteiger partial charge in [0.1, 0.15) is 11.3 Å². The third-order valence-electron chi connectivity index (χ3n) is 3.48. The molecule has 0 aliphatic heterocycles. The van der Waals surface area contributed by atoms with Crippen LogP contribution in [0.2, 0.25) is 0 Å². The first-order valence-corrected chi connectivity index (χ1v) is 7.07. The molecule has 0 saturated heterocycles. The summed E-state index contributed by atoms with van der Waals surface area (Å²) < 4.78 is 39.9. The molecule has 1 aromatic carbocycles. The van der Waals surface area contributed by atoms with Crippen molar-refractivity contribution in [3.8, 4) is 0 Å². The van der Waals surface area contributed by atoms with Crippen LogP contribution in [0.1, 0.15) is 21.6 Å². The lowest BCUT2D eigenvalue weighted by atomic mass is 10.2. The van der Waals surface area contributed by atoms with Crippen molar-refractivity contribution in [1.29, 1.82) is 0 Å². The van der Waals surface area contributed by atoms with E-state index in [4.69, 9.17) is 5.11 Å². The van der Waals surface area contributed by atoms with Gasteiger partial charge in [0.2, 0.25) is 0 Å². The minimum Gasteiger partial charge on any atom is -0.478 e. The van der Waals surface area contributed by atoms with Crippen LogP contribution >= 0.6 is 0 Å². The Morgan fingerprint density at radius 3 is 2.56 bits per heavy atom. The van der Waals surface area contributed by atoms with Crippen LogP contribution in [0.4, 0.5) is 24.7 Å². The van der Waals surface area contributed by atoms with Crippen molar-refractivity contribution in [3.05, 3.63) is 59.4 Å². The summed E-state index contributed by atoms with van der Waals surface area (Å²) in [4.78, 5) is 15.3. The van der Waals surface area contributed by atoms with Gasteiger partial charge in [-0.3, -0.25) is 4.40 Å². The van der Waals surface area contributed by atoms with Crippen molar-refractivity contribution in [2.45, 2.75) is 13.1 Å². The lowest BCUT2D eigenvalue weighted by molar-refractivity contribution is -0.137. The number of rotatable bonds is 3. The predicted molar refractivity (Wildman–Crippen MR) is 82.5 cm³/mol. The average Bonchev–Trinajstić information content (AvgIpc) is 2.86. The topological polar surface area (TPSA) is 79.3 Å². The number of aromatic nitrogens is 2. The van der Waals surface area contributed by atoms with Crippen LogP contribution < -0.4 is 0 Å². The molecule has 0 fully saturated rings. The van der Waals surface area contributed by atoms with Crippen LogP contribution in [0.15, 0.2) is 52.8 Å². The van der Waals surface area contributed by atoms with Crippen molar-refractivity contribution in [1.82, 2.24) is 9.38 Å². The number of nitrogens with zero attached hydrogens (tertiary/aromatic N) is 4. The van der Waals surface area contributed by atoms with Gasteiger partial charge < -0.3 is 5.11 Å². The van der Waals surface area contributed by atoms with Crippen LogP contribution in [0.25, 0.3) is 5.65 Å². The molecular formula is C16H11F3N4O2. The van der Waals surface area contributed by atoms with Crippen LogP contribution in [0.3, 0.4) is 0 Å². The van der Waals surface area contributed by atoms with E-state index in [1.165, 1.54) is 28.7 Å². The zero-order valence-corrected chi connectivity index (χ0v) is 12.8. The Balaban J connectivity index is 2.10. The first-order valence-electron chi connectivity index (χ1n) is 7.07. The number of imidazole rings is 1. The largest absolute Gasteiger partial charge is 0.478 e. The van der Waals surface area contributed by atoms with Gasteiger partial charge in [0.25, 0.3) is 0 Å². The molecule has 0 spiro atoms. The molecule has 0 bridgehead atoms. The smallest absolute Gasteiger partial charge is 0.417 e. The Morgan fingerprint density at radius 1 is 1.16 bits per heavy atom. The molecule has 0 atom stereocenters. The zero-order chi connectivity index (χ0) is 18.2. The Labute approximate surface area is 139 Å². The molecule has 9 heteroatoms. The van der Waals surface area contributed by atoms with E-state index in [1.54, 1.807) is 13.0 Å². The fourth-order valence-electron chi connectivity index (χ4n) is 2.28. The van der Waals surface area contributed by atoms with Crippen molar-refractivity contribution in [3.63, 3.8) is 0 Å². The number of hydrogen-bond acceptors (Lipinski definition) is 4. The summed E-state index contributed by atoms with van der Waals surface area (Å²) in [7, 11) is 0. The van der Waals surface area contributed by atoms with Gasteiger partial charge in [0, 0.05) is 6.20 Å². The molecule has 3 aromatic rings. The number of halogens is 3. The van der Waals surface area contributed by atoms with Crippen molar-refractivity contribution in [2.75, 3.05) is 0 Å². The highest BCUT2D eigenvalue weighted by Gasteiger charge is 2.31. The first kappa shape index (κ1) is 16.6. The lowest BCUT2D eigenvalue weighted by Gasteiger charge is -2.07. The zero-order valence-electron chi connectivity index (χ0n) is 12.8. The number of hydrogen-bond donors (Lipinski definition) is 1. The SMILES string of the molecule is Cc1nc2ccc(C(F)(F)F)cn2c1N=Nc1ccccc1C(=O)O. The van der Waals surface area contributed by atoms with E-state index < -0.39 is 17.7 Å². The maximum Gasteiger partial charge on any atom is 0.417 e. The number of aryl methyl sites for hydroxylation is 1. The molecule has 128 valence electrons. The first-order chi connectivity index (χ1) is 11.8. The number of azo groups is 1. The molecule has 25 heavy (non-hydrogen) atoms. The van der Waals surface area contributed by atoms with Gasteiger partial charge in [-0.2, -0.15) is 13.2 Å². The average molecular weight is 348 g/mol. The van der Waals surface area contributed by atoms with E-state index in [1.807, 2.05) is 0 Å². The summed E-state index contributed by atoms with van der Waals surface area (Å²) in [5.74, 6) is -1.08. The fraction of sp³-hybridized carbons (Fsp3) is 0.125. The van der Waals surface area contributed by atoms with Gasteiger partial charge in [-0.05, 0) is 31.2 Å². The van der Waals surface area contributed by atoms with E-state index in [-0.39, 0.29) is 22.7 Å². The Bertz CT molecular complexity index is 993. The molecule has 0 unspecified atom stereocenters. The van der Waals surface area contributed by atoms with Crippen molar-refractivity contribution in [2.24, 2.45) is 10.2 Å². The second-order valence-corrected chi connectivity index (χ2v) is 5.19. The highest BCUT2D eigenvalue weighted by atomic mass is 19.4. The number of alkyl halides is 3. The summed E-state index contributed by atoms with van der Waals surface area (Å²) in [6.07, 6.45) is -3.62. The number of carboxylic acids is 1. The molecule has 2 heterocycles. The minimum atomic E-state index is -4.50. The van der Waals surface area contributed by atoms with E-state index >= 15 is 0 Å². The number of aromatic carboxylic acids is 1. The summed E-state index contributed by atoms with van der Waals surface area (Å²) in [5.41, 5.74) is -0.160. The molecule has 0 amide bonds. The highest BCUT2D eigenvalue weighted by Crippen LogP contribution is 2.32. The molecule has 3 rings (SSSR count). The number of carbonyl (C=O) groups is 1. The van der Waals surface area contributed by atoms with Crippen molar-refractivity contribution >= 4 is 23.1 Å². The van der Waals surface area contributed by atoms with Gasteiger partial charge in [0.15, 0.2) is 5.82 Å². The van der Waals surface area contributed by atoms with Crippen LogP contribution in [-0.2, 0) is 6.18 Å². The third kappa shape index (κ3) is 3.21. The Morgan fingerprint density at radius 2 is 1.88 bits per heavy atom. The van der Waals surface area contributed by atoms with E-state index in [2.05, 4.69) is 15.2 Å². The number of pyridine rings is 1. The van der Waals surface area contributed by atoms with Gasteiger partial charge in [0.05, 0.1) is 16.8 Å². The Hall–Kier alpha value is -3.23.